The SMILES string of the molecule is CCOC(=O)c1cc(OC(=O)C=Cc2ccc(Cl)cc2)cc(C(=O)OCC)c1. The maximum atomic E-state index is 12.1. The van der Waals surface area contributed by atoms with Crippen LogP contribution in [0.5, 0.6) is 5.75 Å². The summed E-state index contributed by atoms with van der Waals surface area (Å²) >= 11 is 5.82. The molecule has 0 amide bonds. The van der Waals surface area contributed by atoms with Gasteiger partial charge >= 0.3 is 17.9 Å². The van der Waals surface area contributed by atoms with Crippen molar-refractivity contribution in [2.24, 2.45) is 0 Å². The summed E-state index contributed by atoms with van der Waals surface area (Å²) in [5.41, 5.74) is 0.919. The Morgan fingerprint density at radius 3 is 1.93 bits per heavy atom. The van der Waals surface area contributed by atoms with E-state index in [9.17, 15) is 14.4 Å². The Kier molecular flexibility index (Phi) is 7.77. The van der Waals surface area contributed by atoms with Gasteiger partial charge in [-0.1, -0.05) is 23.7 Å². The fourth-order valence-electron chi connectivity index (χ4n) is 2.21. The van der Waals surface area contributed by atoms with E-state index in [2.05, 4.69) is 0 Å². The van der Waals surface area contributed by atoms with Gasteiger partial charge in [-0.2, -0.15) is 0 Å². The first-order valence-corrected chi connectivity index (χ1v) is 8.95. The van der Waals surface area contributed by atoms with Crippen LogP contribution in [0.1, 0.15) is 40.1 Å². The fraction of sp³-hybridized carbons (Fsp3) is 0.190. The van der Waals surface area contributed by atoms with Gasteiger partial charge in [0, 0.05) is 11.1 Å². The number of halogens is 1. The molecule has 28 heavy (non-hydrogen) atoms. The lowest BCUT2D eigenvalue weighted by Gasteiger charge is -2.09. The third kappa shape index (κ3) is 6.25. The monoisotopic (exact) mass is 402 g/mol. The summed E-state index contributed by atoms with van der Waals surface area (Å²) in [6, 6.07) is 10.9. The van der Waals surface area contributed by atoms with Crippen LogP contribution in [-0.2, 0) is 14.3 Å². The Bertz CT molecular complexity index is 850. The molecule has 0 spiro atoms. The van der Waals surface area contributed by atoms with Crippen LogP contribution in [0.15, 0.2) is 48.5 Å². The van der Waals surface area contributed by atoms with E-state index in [0.29, 0.717) is 5.02 Å². The first-order valence-electron chi connectivity index (χ1n) is 8.57. The maximum Gasteiger partial charge on any atom is 0.338 e. The normalized spacial score (nSPS) is 10.5. The molecule has 0 aromatic heterocycles. The minimum atomic E-state index is -0.675. The number of esters is 3. The van der Waals surface area contributed by atoms with Crippen molar-refractivity contribution in [2.75, 3.05) is 13.2 Å². The molecule has 0 bridgehead atoms. The zero-order valence-corrected chi connectivity index (χ0v) is 16.2. The maximum absolute atomic E-state index is 12.1. The van der Waals surface area contributed by atoms with Gasteiger partial charge in [0.1, 0.15) is 5.75 Å². The van der Waals surface area contributed by atoms with E-state index in [0.717, 1.165) is 5.56 Å². The third-order valence-corrected chi connectivity index (χ3v) is 3.68. The molecular weight excluding hydrogens is 384 g/mol. The molecule has 0 saturated carbocycles. The molecule has 2 rings (SSSR count). The quantitative estimate of drug-likeness (QED) is 0.390. The zero-order chi connectivity index (χ0) is 20.5. The highest BCUT2D eigenvalue weighted by Crippen LogP contribution is 2.20. The highest BCUT2D eigenvalue weighted by atomic mass is 35.5. The molecule has 0 N–H and O–H groups in total. The Morgan fingerprint density at radius 1 is 0.893 bits per heavy atom. The van der Waals surface area contributed by atoms with Gasteiger partial charge in [-0.3, -0.25) is 0 Å². The third-order valence-electron chi connectivity index (χ3n) is 3.43. The van der Waals surface area contributed by atoms with Gasteiger partial charge in [-0.05, 0) is 55.8 Å². The minimum absolute atomic E-state index is 0.0272. The van der Waals surface area contributed by atoms with E-state index in [1.807, 2.05) is 0 Å². The number of benzene rings is 2. The number of ether oxygens (including phenoxy) is 3. The lowest BCUT2D eigenvalue weighted by molar-refractivity contribution is -0.128. The molecule has 2 aromatic carbocycles. The van der Waals surface area contributed by atoms with Crippen LogP contribution >= 0.6 is 11.6 Å². The van der Waals surface area contributed by atoms with E-state index in [1.165, 1.54) is 24.3 Å². The van der Waals surface area contributed by atoms with Gasteiger partial charge in [-0.25, -0.2) is 14.4 Å². The fourth-order valence-corrected chi connectivity index (χ4v) is 2.34. The van der Waals surface area contributed by atoms with Crippen molar-refractivity contribution in [3.8, 4) is 5.75 Å². The van der Waals surface area contributed by atoms with Crippen molar-refractivity contribution in [3.63, 3.8) is 0 Å². The van der Waals surface area contributed by atoms with Crippen LogP contribution in [-0.4, -0.2) is 31.1 Å². The number of rotatable bonds is 7. The van der Waals surface area contributed by atoms with Crippen LogP contribution in [0.4, 0.5) is 0 Å². The number of carbonyl (C=O) groups is 3. The summed E-state index contributed by atoms with van der Waals surface area (Å²) in [6.07, 6.45) is 2.78. The second-order valence-electron chi connectivity index (χ2n) is 5.49. The van der Waals surface area contributed by atoms with Crippen LogP contribution < -0.4 is 4.74 Å². The van der Waals surface area contributed by atoms with E-state index >= 15 is 0 Å². The van der Waals surface area contributed by atoms with E-state index in [1.54, 1.807) is 44.2 Å². The highest BCUT2D eigenvalue weighted by Gasteiger charge is 2.16. The van der Waals surface area contributed by atoms with Gasteiger partial charge < -0.3 is 14.2 Å². The molecule has 0 fully saturated rings. The predicted octanol–water partition coefficient (Wildman–Crippen LogP) is 4.31. The van der Waals surface area contributed by atoms with Gasteiger partial charge in [0.05, 0.1) is 24.3 Å². The molecule has 0 unspecified atom stereocenters. The Hall–Kier alpha value is -3.12. The average Bonchev–Trinajstić information content (AvgIpc) is 2.67. The Morgan fingerprint density at radius 2 is 1.43 bits per heavy atom. The molecule has 0 radical (unpaired) electrons. The van der Waals surface area contributed by atoms with E-state index in [-0.39, 0.29) is 30.1 Å². The van der Waals surface area contributed by atoms with Crippen LogP contribution in [0, 0.1) is 0 Å². The largest absolute Gasteiger partial charge is 0.462 e. The number of carbonyl (C=O) groups excluding carboxylic acids is 3. The Balaban J connectivity index is 2.22. The number of hydrogen-bond donors (Lipinski definition) is 0. The van der Waals surface area contributed by atoms with Gasteiger partial charge in [0.25, 0.3) is 0 Å². The summed E-state index contributed by atoms with van der Waals surface area (Å²) in [5, 5.41) is 0.585. The second-order valence-corrected chi connectivity index (χ2v) is 5.93. The smallest absolute Gasteiger partial charge is 0.338 e. The van der Waals surface area contributed by atoms with Gasteiger partial charge in [-0.15, -0.1) is 0 Å². The number of hydrogen-bond acceptors (Lipinski definition) is 6. The lowest BCUT2D eigenvalue weighted by atomic mass is 10.1. The summed E-state index contributed by atoms with van der Waals surface area (Å²) < 4.78 is 15.1. The summed E-state index contributed by atoms with van der Waals surface area (Å²) in [5.74, 6) is -1.92. The van der Waals surface area contributed by atoms with Crippen molar-refractivity contribution in [3.05, 3.63) is 70.3 Å². The summed E-state index contributed by atoms with van der Waals surface area (Å²) in [7, 11) is 0. The van der Waals surface area contributed by atoms with Crippen LogP contribution in [0.25, 0.3) is 6.08 Å². The molecule has 7 heteroatoms. The second kappa shape index (κ2) is 10.3. The Labute approximate surface area is 167 Å². The van der Waals surface area contributed by atoms with Crippen molar-refractivity contribution < 1.29 is 28.6 Å². The molecule has 0 atom stereocenters. The topological polar surface area (TPSA) is 78.9 Å². The lowest BCUT2D eigenvalue weighted by Crippen LogP contribution is -2.11. The minimum Gasteiger partial charge on any atom is -0.462 e. The molecule has 0 aliphatic rings. The molecular formula is C21H19ClO6. The molecule has 0 aliphatic heterocycles. The van der Waals surface area contributed by atoms with E-state index in [4.69, 9.17) is 25.8 Å². The van der Waals surface area contributed by atoms with Gasteiger partial charge in [0.15, 0.2) is 0 Å². The van der Waals surface area contributed by atoms with Crippen LogP contribution in [0.3, 0.4) is 0 Å². The first kappa shape index (κ1) is 21.2. The van der Waals surface area contributed by atoms with Crippen molar-refractivity contribution >= 4 is 35.6 Å². The van der Waals surface area contributed by atoms with Crippen molar-refractivity contribution in [2.45, 2.75) is 13.8 Å². The summed E-state index contributed by atoms with van der Waals surface area (Å²) in [6.45, 7) is 3.66. The standard InChI is InChI=1S/C21H19ClO6/c1-3-26-20(24)15-11-16(21(25)27-4-2)13-18(12-15)28-19(23)10-7-14-5-8-17(22)9-6-14/h5-13H,3-4H2,1-2H3. The highest BCUT2D eigenvalue weighted by molar-refractivity contribution is 6.30. The first-order chi connectivity index (χ1) is 13.4. The molecule has 6 nitrogen and oxygen atoms in total. The zero-order valence-electron chi connectivity index (χ0n) is 15.4. The summed E-state index contributed by atoms with van der Waals surface area (Å²) in [4.78, 5) is 36.1. The molecule has 0 saturated heterocycles. The van der Waals surface area contributed by atoms with E-state index < -0.39 is 17.9 Å². The van der Waals surface area contributed by atoms with Crippen molar-refractivity contribution in [1.82, 2.24) is 0 Å². The molecule has 0 heterocycles. The van der Waals surface area contributed by atoms with Crippen molar-refractivity contribution in [1.29, 1.82) is 0 Å². The van der Waals surface area contributed by atoms with Crippen LogP contribution in [0.2, 0.25) is 5.02 Å². The molecule has 2 aromatic rings. The predicted molar refractivity (Wildman–Crippen MR) is 104 cm³/mol. The average molecular weight is 403 g/mol. The van der Waals surface area contributed by atoms with Gasteiger partial charge in [0.2, 0.25) is 0 Å². The molecule has 0 aliphatic carbocycles. The molecule has 146 valence electrons.